The van der Waals surface area contributed by atoms with Gasteiger partial charge in [0.1, 0.15) is 6.07 Å². The second-order valence-electron chi connectivity index (χ2n) is 4.55. The molecular formula is C16H14BrNS. The quantitative estimate of drug-likeness (QED) is 0.731. The Balaban J connectivity index is 2.40. The van der Waals surface area contributed by atoms with Gasteiger partial charge in [0.2, 0.25) is 0 Å². The van der Waals surface area contributed by atoms with Crippen molar-refractivity contribution >= 4 is 27.7 Å². The van der Waals surface area contributed by atoms with Crippen LogP contribution in [-0.2, 0) is 0 Å². The summed E-state index contributed by atoms with van der Waals surface area (Å²) >= 11 is 5.06. The molecule has 0 heterocycles. The fraction of sp³-hybridized carbons (Fsp3) is 0.188. The summed E-state index contributed by atoms with van der Waals surface area (Å²) in [6, 6.07) is 16.4. The van der Waals surface area contributed by atoms with Crippen LogP contribution >= 0.6 is 27.7 Å². The molecule has 0 aliphatic rings. The molecule has 0 saturated carbocycles. The Hall–Kier alpha value is -1.24. The summed E-state index contributed by atoms with van der Waals surface area (Å²) in [5.74, 6) is 0.477. The zero-order valence-electron chi connectivity index (χ0n) is 10.9. The molecule has 0 fully saturated rings. The van der Waals surface area contributed by atoms with Crippen LogP contribution in [0.25, 0.3) is 0 Å². The van der Waals surface area contributed by atoms with E-state index in [2.05, 4.69) is 54.0 Å². The molecule has 1 nitrogen and oxygen atoms in total. The Morgan fingerprint density at radius 3 is 2.53 bits per heavy atom. The summed E-state index contributed by atoms with van der Waals surface area (Å²) in [5.41, 5.74) is 2.03. The molecule has 0 atom stereocenters. The maximum Gasteiger partial charge on any atom is 0.100 e. The first-order valence-electron chi connectivity index (χ1n) is 6.08. The number of nitrogens with zero attached hydrogens (tertiary/aromatic N) is 1. The molecular weight excluding hydrogens is 318 g/mol. The smallest absolute Gasteiger partial charge is 0.100 e. The highest BCUT2D eigenvalue weighted by Gasteiger charge is 2.10. The van der Waals surface area contributed by atoms with E-state index in [0.717, 1.165) is 9.37 Å². The fourth-order valence-electron chi connectivity index (χ4n) is 1.85. The number of halogens is 1. The van der Waals surface area contributed by atoms with Crippen LogP contribution in [0.3, 0.4) is 0 Å². The van der Waals surface area contributed by atoms with Gasteiger partial charge in [-0.2, -0.15) is 5.26 Å². The second kappa shape index (κ2) is 6.27. The lowest BCUT2D eigenvalue weighted by molar-refractivity contribution is 0.842. The van der Waals surface area contributed by atoms with Crippen molar-refractivity contribution in [3.8, 4) is 6.07 Å². The first-order chi connectivity index (χ1) is 9.11. The van der Waals surface area contributed by atoms with Crippen LogP contribution < -0.4 is 0 Å². The first kappa shape index (κ1) is 14.2. The van der Waals surface area contributed by atoms with Crippen LogP contribution in [0.1, 0.15) is 30.9 Å². The molecule has 19 heavy (non-hydrogen) atoms. The highest BCUT2D eigenvalue weighted by Crippen LogP contribution is 2.36. The van der Waals surface area contributed by atoms with Gasteiger partial charge < -0.3 is 0 Å². The minimum absolute atomic E-state index is 0.477. The van der Waals surface area contributed by atoms with Gasteiger partial charge in [0.15, 0.2) is 0 Å². The minimum atomic E-state index is 0.477. The maximum absolute atomic E-state index is 9.22. The molecule has 0 aliphatic carbocycles. The molecule has 0 unspecified atom stereocenters. The Bertz CT molecular complexity index is 629. The van der Waals surface area contributed by atoms with Crippen molar-refractivity contribution in [2.75, 3.05) is 0 Å². The molecule has 2 rings (SSSR count). The van der Waals surface area contributed by atoms with E-state index in [1.54, 1.807) is 11.8 Å². The zero-order chi connectivity index (χ0) is 13.8. The van der Waals surface area contributed by atoms with E-state index >= 15 is 0 Å². The van der Waals surface area contributed by atoms with Gasteiger partial charge in [-0.1, -0.05) is 59.7 Å². The van der Waals surface area contributed by atoms with E-state index < -0.39 is 0 Å². The number of hydrogen-bond donors (Lipinski definition) is 0. The van der Waals surface area contributed by atoms with Gasteiger partial charge in [0, 0.05) is 14.3 Å². The van der Waals surface area contributed by atoms with Crippen molar-refractivity contribution < 1.29 is 0 Å². The summed E-state index contributed by atoms with van der Waals surface area (Å²) < 4.78 is 0.936. The topological polar surface area (TPSA) is 23.8 Å². The number of benzene rings is 2. The molecule has 0 amide bonds. The van der Waals surface area contributed by atoms with Gasteiger partial charge in [-0.25, -0.2) is 0 Å². The monoisotopic (exact) mass is 331 g/mol. The number of rotatable bonds is 3. The standard InChI is InChI=1S/C16H14BrNS/c1-11(2)14-5-3-4-6-16(14)19-15-8-7-13(17)9-12(15)10-18/h3-9,11H,1-2H3. The molecule has 0 aliphatic heterocycles. The van der Waals surface area contributed by atoms with E-state index in [1.807, 2.05) is 24.3 Å². The van der Waals surface area contributed by atoms with E-state index in [9.17, 15) is 5.26 Å². The number of hydrogen-bond acceptors (Lipinski definition) is 2. The summed E-state index contributed by atoms with van der Waals surface area (Å²) in [5, 5.41) is 9.22. The molecule has 96 valence electrons. The van der Waals surface area contributed by atoms with Crippen molar-refractivity contribution in [2.45, 2.75) is 29.6 Å². The van der Waals surface area contributed by atoms with Gasteiger partial charge in [-0.3, -0.25) is 0 Å². The Labute approximate surface area is 126 Å². The van der Waals surface area contributed by atoms with Gasteiger partial charge in [-0.15, -0.1) is 0 Å². The molecule has 0 spiro atoms. The summed E-state index contributed by atoms with van der Waals surface area (Å²) in [6.07, 6.45) is 0. The van der Waals surface area contributed by atoms with E-state index in [1.165, 1.54) is 10.5 Å². The lowest BCUT2D eigenvalue weighted by atomic mass is 10.0. The van der Waals surface area contributed by atoms with Crippen LogP contribution in [-0.4, -0.2) is 0 Å². The van der Waals surface area contributed by atoms with Gasteiger partial charge >= 0.3 is 0 Å². The Morgan fingerprint density at radius 1 is 1.11 bits per heavy atom. The lowest BCUT2D eigenvalue weighted by Gasteiger charge is -2.12. The van der Waals surface area contributed by atoms with Crippen molar-refractivity contribution in [3.63, 3.8) is 0 Å². The largest absolute Gasteiger partial charge is 0.192 e. The molecule has 0 aromatic heterocycles. The SMILES string of the molecule is CC(C)c1ccccc1Sc1ccc(Br)cc1C#N. The van der Waals surface area contributed by atoms with E-state index in [0.29, 0.717) is 11.5 Å². The number of nitriles is 1. The van der Waals surface area contributed by atoms with Crippen molar-refractivity contribution in [1.29, 1.82) is 5.26 Å². The van der Waals surface area contributed by atoms with Crippen LogP contribution in [0.5, 0.6) is 0 Å². The van der Waals surface area contributed by atoms with E-state index in [-0.39, 0.29) is 0 Å². The molecule has 2 aromatic rings. The van der Waals surface area contributed by atoms with Gasteiger partial charge in [0.05, 0.1) is 5.56 Å². The normalized spacial score (nSPS) is 10.5. The fourth-order valence-corrected chi connectivity index (χ4v) is 3.36. The third-order valence-electron chi connectivity index (χ3n) is 2.82. The Kier molecular flexibility index (Phi) is 4.68. The first-order valence-corrected chi connectivity index (χ1v) is 7.69. The van der Waals surface area contributed by atoms with Crippen molar-refractivity contribution in [2.24, 2.45) is 0 Å². The predicted octanol–water partition coefficient (Wildman–Crippen LogP) is 5.60. The summed E-state index contributed by atoms with van der Waals surface area (Å²) in [4.78, 5) is 2.22. The molecule has 0 bridgehead atoms. The summed E-state index contributed by atoms with van der Waals surface area (Å²) in [7, 11) is 0. The predicted molar refractivity (Wildman–Crippen MR) is 83.5 cm³/mol. The Morgan fingerprint density at radius 2 is 1.84 bits per heavy atom. The van der Waals surface area contributed by atoms with Crippen molar-refractivity contribution in [1.82, 2.24) is 0 Å². The zero-order valence-corrected chi connectivity index (χ0v) is 13.3. The highest BCUT2D eigenvalue weighted by molar-refractivity contribution is 9.10. The third kappa shape index (κ3) is 3.40. The van der Waals surface area contributed by atoms with Crippen LogP contribution in [0.15, 0.2) is 56.7 Å². The molecule has 0 radical (unpaired) electrons. The molecule has 0 saturated heterocycles. The lowest BCUT2D eigenvalue weighted by Crippen LogP contribution is -1.91. The third-order valence-corrected chi connectivity index (χ3v) is 4.48. The molecule has 0 N–H and O–H groups in total. The van der Waals surface area contributed by atoms with Crippen LogP contribution in [0, 0.1) is 11.3 Å². The van der Waals surface area contributed by atoms with Gasteiger partial charge in [-0.05, 0) is 35.7 Å². The highest BCUT2D eigenvalue weighted by atomic mass is 79.9. The maximum atomic E-state index is 9.22. The summed E-state index contributed by atoms with van der Waals surface area (Å²) in [6.45, 7) is 4.37. The van der Waals surface area contributed by atoms with Crippen molar-refractivity contribution in [3.05, 3.63) is 58.1 Å². The van der Waals surface area contributed by atoms with Crippen LogP contribution in [0.4, 0.5) is 0 Å². The van der Waals surface area contributed by atoms with E-state index in [4.69, 9.17) is 0 Å². The van der Waals surface area contributed by atoms with Crippen LogP contribution in [0.2, 0.25) is 0 Å². The average Bonchev–Trinajstić information content (AvgIpc) is 2.41. The minimum Gasteiger partial charge on any atom is -0.192 e. The van der Waals surface area contributed by atoms with Gasteiger partial charge in [0.25, 0.3) is 0 Å². The molecule has 3 heteroatoms. The molecule has 2 aromatic carbocycles. The second-order valence-corrected chi connectivity index (χ2v) is 6.55. The average molecular weight is 332 g/mol.